The molecule has 8 heteroatoms. The fourth-order valence-electron chi connectivity index (χ4n) is 2.18. The van der Waals surface area contributed by atoms with Gasteiger partial charge in [-0.1, -0.05) is 0 Å². The van der Waals surface area contributed by atoms with Crippen LogP contribution in [0.2, 0.25) is 0 Å². The Morgan fingerprint density at radius 2 is 1.89 bits per heavy atom. The number of hydrogen-bond donors (Lipinski definition) is 4. The van der Waals surface area contributed by atoms with Crippen molar-refractivity contribution in [1.29, 1.82) is 0 Å². The Kier molecular flexibility index (Phi) is 4.69. The first kappa shape index (κ1) is 13.8. The fraction of sp³-hybridized carbons (Fsp3) is 0.727. The zero-order valence-corrected chi connectivity index (χ0v) is 11.0. The first-order chi connectivity index (χ1) is 9.21. The molecule has 2 rings (SSSR count). The van der Waals surface area contributed by atoms with Crippen LogP contribution in [0.15, 0.2) is 0 Å². The molecule has 8 nitrogen and oxygen atoms in total. The van der Waals surface area contributed by atoms with Crippen molar-refractivity contribution >= 4 is 11.9 Å². The Bertz CT molecular complexity index is 386. The number of nitrogens with one attached hydrogen (secondary N) is 2. The molecular formula is C11H20N6O2. The molecule has 1 saturated carbocycles. The van der Waals surface area contributed by atoms with E-state index in [0.29, 0.717) is 11.9 Å². The van der Waals surface area contributed by atoms with Crippen LogP contribution in [0.1, 0.15) is 25.7 Å². The number of aromatic nitrogens is 3. The largest absolute Gasteiger partial charge is 0.467 e. The number of methoxy groups -OCH3 is 1. The van der Waals surface area contributed by atoms with E-state index < -0.39 is 0 Å². The molecule has 0 unspecified atom stereocenters. The van der Waals surface area contributed by atoms with Crippen LogP contribution in [0, 0.1) is 5.92 Å². The van der Waals surface area contributed by atoms with E-state index in [9.17, 15) is 5.11 Å². The van der Waals surface area contributed by atoms with E-state index in [0.717, 1.165) is 32.2 Å². The van der Waals surface area contributed by atoms with Crippen molar-refractivity contribution in [2.24, 2.45) is 11.8 Å². The van der Waals surface area contributed by atoms with Crippen LogP contribution in [0.3, 0.4) is 0 Å². The number of nitrogen functional groups attached to an aromatic ring is 1. The van der Waals surface area contributed by atoms with Crippen LogP contribution in [0.5, 0.6) is 6.01 Å². The number of ether oxygens (including phenoxy) is 1. The summed E-state index contributed by atoms with van der Waals surface area (Å²) >= 11 is 0. The maximum absolute atomic E-state index is 9.46. The van der Waals surface area contributed by atoms with Crippen LogP contribution < -0.4 is 21.3 Å². The van der Waals surface area contributed by atoms with E-state index in [1.54, 1.807) is 0 Å². The number of nitrogens with zero attached hydrogens (tertiary/aromatic N) is 3. The minimum Gasteiger partial charge on any atom is -0.467 e. The number of hydrazine groups is 1. The zero-order valence-electron chi connectivity index (χ0n) is 11.0. The second-order valence-corrected chi connectivity index (χ2v) is 4.67. The van der Waals surface area contributed by atoms with Crippen molar-refractivity contribution in [2.45, 2.75) is 31.8 Å². The summed E-state index contributed by atoms with van der Waals surface area (Å²) in [6.07, 6.45) is 3.61. The number of rotatable bonds is 5. The number of hydrogen-bond acceptors (Lipinski definition) is 8. The highest BCUT2D eigenvalue weighted by Gasteiger charge is 2.19. The summed E-state index contributed by atoms with van der Waals surface area (Å²) in [5.74, 6) is 6.50. The maximum Gasteiger partial charge on any atom is 0.322 e. The fourth-order valence-corrected chi connectivity index (χ4v) is 2.18. The number of aliphatic hydroxyl groups is 1. The molecule has 106 valence electrons. The maximum atomic E-state index is 9.46. The summed E-state index contributed by atoms with van der Waals surface area (Å²) < 4.78 is 4.97. The van der Waals surface area contributed by atoms with Gasteiger partial charge in [-0.3, -0.25) is 5.43 Å². The third kappa shape index (κ3) is 3.90. The molecular weight excluding hydrogens is 248 g/mol. The van der Waals surface area contributed by atoms with Gasteiger partial charge in [-0.25, -0.2) is 5.84 Å². The highest BCUT2D eigenvalue weighted by atomic mass is 16.5. The van der Waals surface area contributed by atoms with E-state index in [-0.39, 0.29) is 18.1 Å². The lowest BCUT2D eigenvalue weighted by Gasteiger charge is -2.25. The van der Waals surface area contributed by atoms with Crippen LogP contribution in [-0.4, -0.2) is 39.8 Å². The molecule has 0 bridgehead atoms. The molecule has 0 aromatic carbocycles. The zero-order chi connectivity index (χ0) is 13.7. The van der Waals surface area contributed by atoms with Gasteiger partial charge in [0.15, 0.2) is 0 Å². The molecule has 1 heterocycles. The second-order valence-electron chi connectivity index (χ2n) is 4.67. The second kappa shape index (κ2) is 6.48. The lowest BCUT2D eigenvalue weighted by molar-refractivity contribution is 0.111. The molecule has 0 radical (unpaired) electrons. The Labute approximate surface area is 111 Å². The van der Waals surface area contributed by atoms with E-state index >= 15 is 0 Å². The Morgan fingerprint density at radius 3 is 2.53 bits per heavy atom. The van der Waals surface area contributed by atoms with Gasteiger partial charge in [0.1, 0.15) is 0 Å². The molecule has 0 spiro atoms. The molecule has 0 amide bonds. The predicted octanol–water partition coefficient (Wildman–Crippen LogP) is 0.129. The van der Waals surface area contributed by atoms with Crippen molar-refractivity contribution in [1.82, 2.24) is 15.0 Å². The number of aliphatic hydroxyl groups excluding tert-OH is 1. The minimum absolute atomic E-state index is 0.137. The average Bonchev–Trinajstić information content (AvgIpc) is 2.46. The van der Waals surface area contributed by atoms with Crippen LogP contribution in [0.4, 0.5) is 11.9 Å². The van der Waals surface area contributed by atoms with Gasteiger partial charge in [0.2, 0.25) is 11.9 Å². The molecule has 1 aromatic rings. The van der Waals surface area contributed by atoms with Gasteiger partial charge in [-0.05, 0) is 31.6 Å². The molecule has 5 N–H and O–H groups in total. The summed E-state index contributed by atoms with van der Waals surface area (Å²) in [5, 5.41) is 12.6. The van der Waals surface area contributed by atoms with E-state index in [4.69, 9.17) is 10.6 Å². The first-order valence-electron chi connectivity index (χ1n) is 6.40. The standard InChI is InChI=1S/C11H20N6O2/c1-19-11-15-9(14-10(16-11)17-12)13-6-7-2-4-8(18)5-3-7/h7-8,18H,2-6,12H2,1H3,(H2,13,14,15,16,17). The first-order valence-corrected chi connectivity index (χ1v) is 6.40. The number of nitrogens with two attached hydrogens (primary N) is 1. The SMILES string of the molecule is COc1nc(NN)nc(NCC2CCC(O)CC2)n1. The van der Waals surface area contributed by atoms with Crippen LogP contribution in [0.25, 0.3) is 0 Å². The van der Waals surface area contributed by atoms with Crippen LogP contribution >= 0.6 is 0 Å². The van der Waals surface area contributed by atoms with E-state index in [2.05, 4.69) is 25.7 Å². The van der Waals surface area contributed by atoms with E-state index in [1.165, 1.54) is 7.11 Å². The van der Waals surface area contributed by atoms with Crippen molar-refractivity contribution in [3.8, 4) is 6.01 Å². The van der Waals surface area contributed by atoms with Gasteiger partial charge in [0.25, 0.3) is 0 Å². The normalized spacial score (nSPS) is 22.9. The highest BCUT2D eigenvalue weighted by Crippen LogP contribution is 2.24. The van der Waals surface area contributed by atoms with Crippen molar-refractivity contribution in [3.05, 3.63) is 0 Å². The third-order valence-electron chi connectivity index (χ3n) is 3.29. The van der Waals surface area contributed by atoms with Gasteiger partial charge >= 0.3 is 6.01 Å². The van der Waals surface area contributed by atoms with Gasteiger partial charge in [-0.2, -0.15) is 15.0 Å². The monoisotopic (exact) mass is 268 g/mol. The molecule has 0 saturated heterocycles. The summed E-state index contributed by atoms with van der Waals surface area (Å²) in [4.78, 5) is 12.1. The van der Waals surface area contributed by atoms with Gasteiger partial charge < -0.3 is 15.2 Å². The Morgan fingerprint density at radius 1 is 1.21 bits per heavy atom. The summed E-state index contributed by atoms with van der Waals surface area (Å²) in [6, 6.07) is 0.213. The van der Waals surface area contributed by atoms with E-state index in [1.807, 2.05) is 0 Å². The quantitative estimate of drug-likeness (QED) is 0.439. The molecule has 0 atom stereocenters. The molecule has 19 heavy (non-hydrogen) atoms. The molecule has 1 aromatic heterocycles. The minimum atomic E-state index is -0.137. The molecule has 1 aliphatic rings. The lowest BCUT2D eigenvalue weighted by atomic mass is 9.87. The highest BCUT2D eigenvalue weighted by molar-refractivity contribution is 5.34. The third-order valence-corrected chi connectivity index (χ3v) is 3.29. The smallest absolute Gasteiger partial charge is 0.322 e. The Hall–Kier alpha value is -1.67. The summed E-state index contributed by atoms with van der Waals surface area (Å²) in [6.45, 7) is 0.768. The van der Waals surface area contributed by atoms with Crippen LogP contribution in [-0.2, 0) is 0 Å². The topological polar surface area (TPSA) is 118 Å². The lowest BCUT2D eigenvalue weighted by Crippen LogP contribution is -2.24. The van der Waals surface area contributed by atoms with Gasteiger partial charge in [0, 0.05) is 6.54 Å². The average molecular weight is 268 g/mol. The molecule has 0 aliphatic heterocycles. The molecule has 1 aliphatic carbocycles. The molecule has 1 fully saturated rings. The van der Waals surface area contributed by atoms with Gasteiger partial charge in [-0.15, -0.1) is 0 Å². The van der Waals surface area contributed by atoms with Crippen molar-refractivity contribution in [2.75, 3.05) is 24.4 Å². The Balaban J connectivity index is 1.91. The summed E-state index contributed by atoms with van der Waals surface area (Å²) in [5.41, 5.74) is 2.37. The van der Waals surface area contributed by atoms with Crippen molar-refractivity contribution < 1.29 is 9.84 Å². The number of anilines is 2. The summed E-state index contributed by atoms with van der Waals surface area (Å²) in [7, 11) is 1.49. The van der Waals surface area contributed by atoms with Gasteiger partial charge in [0.05, 0.1) is 13.2 Å². The predicted molar refractivity (Wildman–Crippen MR) is 70.6 cm³/mol. The van der Waals surface area contributed by atoms with Crippen molar-refractivity contribution in [3.63, 3.8) is 0 Å².